The molecule has 0 unspecified atom stereocenters. The van der Waals surface area contributed by atoms with Gasteiger partial charge in [0.2, 0.25) is 23.5 Å². The van der Waals surface area contributed by atoms with Crippen LogP contribution in [0.1, 0.15) is 0 Å². The molecule has 0 aliphatic carbocycles. The summed E-state index contributed by atoms with van der Waals surface area (Å²) in [7, 11) is 0. The second-order valence-electron chi connectivity index (χ2n) is 9.35. The summed E-state index contributed by atoms with van der Waals surface area (Å²) in [6.07, 6.45) is 8.62. The molecule has 8 rings (SSSR count). The first-order chi connectivity index (χ1) is 20.8. The average molecular weight is 588 g/mol. The van der Waals surface area contributed by atoms with Crippen LogP contribution in [0.5, 0.6) is 23.5 Å². The number of fused-ring (bicyclic) bond motifs is 3. The fourth-order valence-electron chi connectivity index (χ4n) is 4.92. The van der Waals surface area contributed by atoms with Crippen LogP contribution in [-0.2, 0) is 0 Å². The molecule has 0 spiro atoms. The largest absolute Gasteiger partial charge is 0.420 e. The predicted molar refractivity (Wildman–Crippen MR) is 166 cm³/mol. The Balaban J connectivity index is 1.15. The van der Waals surface area contributed by atoms with E-state index in [-0.39, 0.29) is 0 Å². The normalized spacial score (nSPS) is 13.2. The summed E-state index contributed by atoms with van der Waals surface area (Å²) in [6, 6.07) is 20.3. The van der Waals surface area contributed by atoms with Gasteiger partial charge in [0.25, 0.3) is 0 Å². The fraction of sp³-hybridized carbons (Fsp3) is 0. The zero-order valence-electron chi connectivity index (χ0n) is 21.8. The van der Waals surface area contributed by atoms with Gasteiger partial charge in [-0.2, -0.15) is 0 Å². The Hall–Kier alpha value is -5.13. The second-order valence-corrected chi connectivity index (χ2v) is 11.2. The first-order valence-electron chi connectivity index (χ1n) is 13.1. The third-order valence-electron chi connectivity index (χ3n) is 6.83. The van der Waals surface area contributed by atoms with E-state index in [1.807, 2.05) is 59.6 Å². The third kappa shape index (κ3) is 4.26. The molecule has 4 N–H and O–H groups in total. The average Bonchev–Trinajstić information content (AvgIpc) is 3.75. The van der Waals surface area contributed by atoms with E-state index >= 15 is 0 Å². The van der Waals surface area contributed by atoms with E-state index in [4.69, 9.17) is 9.47 Å². The highest BCUT2D eigenvalue weighted by Gasteiger charge is 2.27. The highest BCUT2D eigenvalue weighted by molar-refractivity contribution is 8.02. The minimum atomic E-state index is 0.352. The molecular formula is C31H21N7O2S2. The SMILES string of the molecule is C1=CSc2c(-c3ccccc3)[nH]c(Oc3ncnc(Oc4[nH]c(-c5ccccc5)c5c4NC=CS5)c4cncc3-4)c2N1. The molecule has 0 atom stereocenters. The number of H-pyrrole nitrogens is 2. The minimum Gasteiger partial charge on any atom is -0.420 e. The van der Waals surface area contributed by atoms with Crippen molar-refractivity contribution in [2.75, 3.05) is 10.6 Å². The summed E-state index contributed by atoms with van der Waals surface area (Å²) in [4.78, 5) is 22.5. The lowest BCUT2D eigenvalue weighted by molar-refractivity contribution is 0.451. The molecule has 6 heterocycles. The van der Waals surface area contributed by atoms with Crippen LogP contribution in [0.2, 0.25) is 0 Å². The number of hydrogen-bond donors (Lipinski definition) is 4. The standard InChI is InChI=1S/C31H21N7O2S2/c1-3-7-18(8-4-1)22-26-24(33-11-13-41-26)30(37-22)39-28-20-15-32-16-21(20)29(36-17-35-28)40-31-25-27(42-14-12-34-25)23(38-31)19-9-5-2-6-10-19/h1-17,33-34,37-38H. The summed E-state index contributed by atoms with van der Waals surface area (Å²) >= 11 is 3.25. The van der Waals surface area contributed by atoms with E-state index in [1.54, 1.807) is 35.9 Å². The van der Waals surface area contributed by atoms with Gasteiger partial charge in [-0.1, -0.05) is 84.2 Å². The number of nitrogens with one attached hydrogen (secondary N) is 4. The molecule has 0 fully saturated rings. The molecule has 2 aromatic heterocycles. The number of rotatable bonds is 6. The van der Waals surface area contributed by atoms with Crippen LogP contribution < -0.4 is 20.1 Å². The van der Waals surface area contributed by atoms with Crippen molar-refractivity contribution in [3.8, 4) is 57.2 Å². The lowest BCUT2D eigenvalue weighted by atomic mass is 10.1. The first kappa shape index (κ1) is 24.6. The van der Waals surface area contributed by atoms with Gasteiger partial charge in [0.05, 0.1) is 32.3 Å². The number of nitrogens with zero attached hydrogens (tertiary/aromatic N) is 3. The topological polar surface area (TPSA) is 113 Å². The summed E-state index contributed by atoms with van der Waals surface area (Å²) in [5, 5.41) is 10.7. The molecule has 11 heteroatoms. The van der Waals surface area contributed by atoms with E-state index in [2.05, 4.69) is 59.8 Å². The van der Waals surface area contributed by atoms with Crippen LogP contribution >= 0.6 is 23.5 Å². The Morgan fingerprint density at radius 1 is 0.595 bits per heavy atom. The Kier molecular flexibility index (Phi) is 6.08. The van der Waals surface area contributed by atoms with Gasteiger partial charge < -0.3 is 30.1 Å². The van der Waals surface area contributed by atoms with Crippen LogP contribution in [0.25, 0.3) is 33.6 Å². The van der Waals surface area contributed by atoms with E-state index < -0.39 is 0 Å². The first-order valence-corrected chi connectivity index (χ1v) is 14.8. The molecule has 0 radical (unpaired) electrons. The van der Waals surface area contributed by atoms with Gasteiger partial charge in [-0.3, -0.25) is 4.98 Å². The maximum Gasteiger partial charge on any atom is 0.232 e. The van der Waals surface area contributed by atoms with Crippen LogP contribution in [0.3, 0.4) is 0 Å². The third-order valence-corrected chi connectivity index (χ3v) is 8.67. The Bertz CT molecular complexity index is 1810. The van der Waals surface area contributed by atoms with Crippen molar-refractivity contribution in [3.63, 3.8) is 0 Å². The lowest BCUT2D eigenvalue weighted by Crippen LogP contribution is -1.96. The maximum absolute atomic E-state index is 6.42. The smallest absolute Gasteiger partial charge is 0.232 e. The highest BCUT2D eigenvalue weighted by Crippen LogP contribution is 2.50. The number of anilines is 2. The van der Waals surface area contributed by atoms with Gasteiger partial charge in [-0.25, -0.2) is 9.97 Å². The van der Waals surface area contributed by atoms with E-state index in [9.17, 15) is 0 Å². The summed E-state index contributed by atoms with van der Waals surface area (Å²) < 4.78 is 12.8. The molecule has 4 aliphatic heterocycles. The van der Waals surface area contributed by atoms with Crippen LogP contribution in [-0.4, -0.2) is 24.9 Å². The van der Waals surface area contributed by atoms with Crippen LogP contribution in [0.4, 0.5) is 11.4 Å². The molecule has 42 heavy (non-hydrogen) atoms. The van der Waals surface area contributed by atoms with Crippen molar-refractivity contribution in [1.82, 2.24) is 24.9 Å². The Labute approximate surface area is 248 Å². The number of ether oxygens (including phenoxy) is 2. The van der Waals surface area contributed by atoms with Gasteiger partial charge in [-0.15, -0.1) is 0 Å². The maximum atomic E-state index is 6.42. The molecule has 0 amide bonds. The number of benzene rings is 2. The minimum absolute atomic E-state index is 0.352. The predicted octanol–water partition coefficient (Wildman–Crippen LogP) is 8.53. The van der Waals surface area contributed by atoms with Crippen LogP contribution in [0.15, 0.2) is 112 Å². The molecule has 204 valence electrons. The summed E-state index contributed by atoms with van der Waals surface area (Å²) in [6.45, 7) is 0. The molecule has 0 saturated heterocycles. The van der Waals surface area contributed by atoms with Crippen LogP contribution in [0, 0.1) is 0 Å². The van der Waals surface area contributed by atoms with Crippen molar-refractivity contribution in [2.45, 2.75) is 9.79 Å². The van der Waals surface area contributed by atoms with Gasteiger partial charge >= 0.3 is 0 Å². The Morgan fingerprint density at radius 3 is 1.55 bits per heavy atom. The van der Waals surface area contributed by atoms with Crippen molar-refractivity contribution in [2.24, 2.45) is 0 Å². The molecule has 4 aliphatic rings. The molecule has 2 aromatic carbocycles. The zero-order valence-corrected chi connectivity index (χ0v) is 23.4. The molecule has 0 saturated carbocycles. The summed E-state index contributed by atoms with van der Waals surface area (Å²) in [5.74, 6) is 1.79. The molecule has 0 bridgehead atoms. The van der Waals surface area contributed by atoms with Gasteiger partial charge in [0.1, 0.15) is 17.7 Å². The Morgan fingerprint density at radius 2 is 1.07 bits per heavy atom. The summed E-state index contributed by atoms with van der Waals surface area (Å²) in [5.41, 5.74) is 7.06. The highest BCUT2D eigenvalue weighted by atomic mass is 32.2. The number of hydrogen-bond acceptors (Lipinski definition) is 9. The fourth-order valence-corrected chi connectivity index (χ4v) is 6.58. The van der Waals surface area contributed by atoms with Gasteiger partial charge in [-0.05, 0) is 21.9 Å². The molecule has 9 nitrogen and oxygen atoms in total. The lowest BCUT2D eigenvalue weighted by Gasteiger charge is -2.11. The molecule has 4 aromatic rings. The number of aromatic nitrogens is 5. The quantitative estimate of drug-likeness (QED) is 0.152. The number of thioether (sulfide) groups is 2. The van der Waals surface area contributed by atoms with Gasteiger partial charge in [0.15, 0.2) is 0 Å². The second kappa shape index (κ2) is 10.4. The van der Waals surface area contributed by atoms with Gasteiger partial charge in [0, 0.05) is 24.8 Å². The zero-order chi connectivity index (χ0) is 27.9. The van der Waals surface area contributed by atoms with E-state index in [0.29, 0.717) is 34.6 Å². The molecular weight excluding hydrogens is 567 g/mol. The monoisotopic (exact) mass is 587 g/mol. The number of aromatic amines is 2. The van der Waals surface area contributed by atoms with Crippen molar-refractivity contribution < 1.29 is 9.47 Å². The van der Waals surface area contributed by atoms with Crippen molar-refractivity contribution in [1.29, 1.82) is 0 Å². The van der Waals surface area contributed by atoms with E-state index in [0.717, 1.165) is 43.7 Å². The van der Waals surface area contributed by atoms with Crippen molar-refractivity contribution in [3.05, 3.63) is 103 Å². The van der Waals surface area contributed by atoms with E-state index in [1.165, 1.54) is 6.33 Å². The van der Waals surface area contributed by atoms with Crippen molar-refractivity contribution >= 4 is 34.9 Å².